The van der Waals surface area contributed by atoms with Gasteiger partial charge in [-0.2, -0.15) is 0 Å². The first-order chi connectivity index (χ1) is 14.7. The van der Waals surface area contributed by atoms with Crippen LogP contribution in [0, 0.1) is 0 Å². The van der Waals surface area contributed by atoms with Gasteiger partial charge in [-0.05, 0) is 49.2 Å². The van der Waals surface area contributed by atoms with E-state index in [2.05, 4.69) is 21.2 Å². The number of benzene rings is 2. The number of ether oxygens (including phenoxy) is 1. The molecule has 2 rings (SSSR count). The molecule has 9 heteroatoms. The maximum absolute atomic E-state index is 13.0. The molecule has 0 fully saturated rings. The van der Waals surface area contributed by atoms with Crippen LogP contribution in [0.15, 0.2) is 40.9 Å². The fourth-order valence-electron chi connectivity index (χ4n) is 2.77. The van der Waals surface area contributed by atoms with Crippen LogP contribution in [0.4, 0.5) is 0 Å². The highest BCUT2D eigenvalue weighted by Crippen LogP contribution is 2.28. The number of nitrogens with zero attached hydrogens (tertiary/aromatic N) is 1. The Morgan fingerprint density at radius 3 is 2.48 bits per heavy atom. The van der Waals surface area contributed by atoms with E-state index in [1.807, 2.05) is 6.92 Å². The van der Waals surface area contributed by atoms with Gasteiger partial charge in [-0.15, -0.1) is 0 Å². The molecule has 2 aromatic carbocycles. The first kappa shape index (κ1) is 25.8. The predicted octanol–water partition coefficient (Wildman–Crippen LogP) is 6.12. The molecule has 0 aliphatic heterocycles. The number of nitrogens with one attached hydrogen (secondary N) is 1. The predicted molar refractivity (Wildman–Crippen MR) is 129 cm³/mol. The number of hydrogen-bond donors (Lipinski definition) is 1. The molecule has 0 heterocycles. The third-order valence-corrected chi connectivity index (χ3v) is 6.11. The van der Waals surface area contributed by atoms with Crippen LogP contribution in [0.25, 0.3) is 0 Å². The molecule has 168 valence electrons. The molecule has 0 aromatic heterocycles. The number of carbonyl (C=O) groups excluding carboxylic acids is 2. The van der Waals surface area contributed by atoms with E-state index in [9.17, 15) is 9.59 Å². The highest BCUT2D eigenvalue weighted by atomic mass is 79.9. The van der Waals surface area contributed by atoms with Crippen molar-refractivity contribution in [3.63, 3.8) is 0 Å². The maximum Gasteiger partial charge on any atom is 0.261 e. The van der Waals surface area contributed by atoms with Crippen LogP contribution in [0.5, 0.6) is 5.75 Å². The Kier molecular flexibility index (Phi) is 10.4. The minimum atomic E-state index is -0.706. The summed E-state index contributed by atoms with van der Waals surface area (Å²) in [6, 6.07) is 9.51. The lowest BCUT2D eigenvalue weighted by Gasteiger charge is -2.29. The minimum absolute atomic E-state index is 0.176. The minimum Gasteiger partial charge on any atom is -0.482 e. The van der Waals surface area contributed by atoms with Crippen molar-refractivity contribution >= 4 is 62.5 Å². The molecule has 1 N–H and O–H groups in total. The van der Waals surface area contributed by atoms with Crippen LogP contribution < -0.4 is 10.1 Å². The maximum atomic E-state index is 13.0. The van der Waals surface area contributed by atoms with Gasteiger partial charge in [0.1, 0.15) is 11.8 Å². The number of unbranched alkanes of at least 4 members (excludes halogenated alkanes) is 1. The van der Waals surface area contributed by atoms with Crippen molar-refractivity contribution in [2.75, 3.05) is 13.2 Å². The quantitative estimate of drug-likeness (QED) is 0.363. The monoisotopic (exact) mass is 548 g/mol. The lowest BCUT2D eigenvalue weighted by atomic mass is 10.1. The van der Waals surface area contributed by atoms with E-state index in [0.29, 0.717) is 27.4 Å². The van der Waals surface area contributed by atoms with E-state index in [1.54, 1.807) is 43.3 Å². The molecule has 5 nitrogen and oxygen atoms in total. The molecule has 0 saturated carbocycles. The second kappa shape index (κ2) is 12.5. The molecule has 0 unspecified atom stereocenters. The van der Waals surface area contributed by atoms with Crippen molar-refractivity contribution in [1.82, 2.24) is 10.2 Å². The van der Waals surface area contributed by atoms with Gasteiger partial charge in [-0.25, -0.2) is 0 Å². The molecule has 0 radical (unpaired) electrons. The van der Waals surface area contributed by atoms with Crippen LogP contribution in [-0.4, -0.2) is 35.9 Å². The molecule has 1 atom stereocenters. The fraction of sp³-hybridized carbons (Fsp3) is 0.364. The number of rotatable bonds is 10. The van der Waals surface area contributed by atoms with Gasteiger partial charge in [0, 0.05) is 17.6 Å². The van der Waals surface area contributed by atoms with Crippen LogP contribution >= 0.6 is 50.7 Å². The zero-order valence-corrected chi connectivity index (χ0v) is 21.1. The van der Waals surface area contributed by atoms with E-state index >= 15 is 0 Å². The molecule has 0 aliphatic carbocycles. The first-order valence-electron chi connectivity index (χ1n) is 9.81. The Hall–Kier alpha value is -1.47. The molecule has 31 heavy (non-hydrogen) atoms. The smallest absolute Gasteiger partial charge is 0.261 e. The molecular weight excluding hydrogens is 527 g/mol. The molecule has 0 spiro atoms. The van der Waals surface area contributed by atoms with Crippen molar-refractivity contribution < 1.29 is 14.3 Å². The van der Waals surface area contributed by atoms with Gasteiger partial charge < -0.3 is 15.0 Å². The zero-order chi connectivity index (χ0) is 23.0. The number of halogens is 4. The van der Waals surface area contributed by atoms with E-state index in [0.717, 1.165) is 22.9 Å². The summed E-state index contributed by atoms with van der Waals surface area (Å²) in [5.41, 5.74) is 0.748. The average Bonchev–Trinajstić information content (AvgIpc) is 2.73. The topological polar surface area (TPSA) is 58.6 Å². The van der Waals surface area contributed by atoms with E-state index < -0.39 is 6.04 Å². The van der Waals surface area contributed by atoms with Gasteiger partial charge in [0.25, 0.3) is 5.91 Å². The number of hydrogen-bond acceptors (Lipinski definition) is 3. The third kappa shape index (κ3) is 7.86. The van der Waals surface area contributed by atoms with Crippen LogP contribution in [-0.2, 0) is 16.1 Å². The Labute approximate surface area is 206 Å². The van der Waals surface area contributed by atoms with Gasteiger partial charge in [-0.1, -0.05) is 70.1 Å². The summed E-state index contributed by atoms with van der Waals surface area (Å²) in [6.45, 7) is 4.19. The van der Waals surface area contributed by atoms with Crippen molar-refractivity contribution in [1.29, 1.82) is 0 Å². The van der Waals surface area contributed by atoms with Gasteiger partial charge in [-0.3, -0.25) is 9.59 Å². The van der Waals surface area contributed by atoms with Crippen LogP contribution in [0.2, 0.25) is 15.1 Å². The van der Waals surface area contributed by atoms with E-state index in [4.69, 9.17) is 39.5 Å². The molecule has 0 aliphatic rings. The summed E-state index contributed by atoms with van der Waals surface area (Å²) in [4.78, 5) is 27.1. The lowest BCUT2D eigenvalue weighted by Crippen LogP contribution is -2.49. The average molecular weight is 551 g/mol. The normalized spacial score (nSPS) is 11.7. The fourth-order valence-corrected chi connectivity index (χ4v) is 3.82. The Balaban J connectivity index is 2.17. The van der Waals surface area contributed by atoms with Gasteiger partial charge in [0.15, 0.2) is 6.61 Å². The second-order valence-electron chi connectivity index (χ2n) is 6.95. The number of amides is 2. The summed E-state index contributed by atoms with van der Waals surface area (Å²) in [7, 11) is 0. The molecular formula is C22H24BrCl3N2O3. The zero-order valence-electron chi connectivity index (χ0n) is 17.3. The molecule has 2 amide bonds. The van der Waals surface area contributed by atoms with E-state index in [-0.39, 0.29) is 25.0 Å². The van der Waals surface area contributed by atoms with Crippen LogP contribution in [0.1, 0.15) is 32.3 Å². The van der Waals surface area contributed by atoms with E-state index in [1.165, 1.54) is 4.90 Å². The summed E-state index contributed by atoms with van der Waals surface area (Å²) in [5, 5.41) is 4.04. The molecule has 0 bridgehead atoms. The first-order valence-corrected chi connectivity index (χ1v) is 11.7. The molecule has 0 saturated heterocycles. The van der Waals surface area contributed by atoms with Gasteiger partial charge >= 0.3 is 0 Å². The molecule has 2 aromatic rings. The summed E-state index contributed by atoms with van der Waals surface area (Å²) < 4.78 is 6.42. The Morgan fingerprint density at radius 2 is 1.84 bits per heavy atom. The Morgan fingerprint density at radius 1 is 1.10 bits per heavy atom. The lowest BCUT2D eigenvalue weighted by molar-refractivity contribution is -0.142. The van der Waals surface area contributed by atoms with Crippen molar-refractivity contribution in [3.8, 4) is 5.75 Å². The van der Waals surface area contributed by atoms with Crippen molar-refractivity contribution in [2.24, 2.45) is 0 Å². The SMILES string of the molecule is CCCCNC(=O)[C@@H](C)N(Cc1ccc(Cl)c(Cl)c1)C(=O)COc1ccc(Br)cc1Cl. The summed E-state index contributed by atoms with van der Waals surface area (Å²) in [5.74, 6) is -0.209. The van der Waals surface area contributed by atoms with Crippen molar-refractivity contribution in [2.45, 2.75) is 39.3 Å². The largest absolute Gasteiger partial charge is 0.482 e. The van der Waals surface area contributed by atoms with Gasteiger partial charge in [0.2, 0.25) is 5.91 Å². The summed E-state index contributed by atoms with van der Waals surface area (Å²) >= 11 is 21.6. The highest BCUT2D eigenvalue weighted by Gasteiger charge is 2.26. The standard InChI is InChI=1S/C22H24BrCl3N2O3/c1-3-4-9-27-22(30)14(2)28(12-15-5-7-17(24)18(25)10-15)21(29)13-31-20-8-6-16(23)11-19(20)26/h5-8,10-11,14H,3-4,9,12-13H2,1-2H3,(H,27,30)/t14-/m1/s1. The number of carbonyl (C=O) groups is 2. The van der Waals surface area contributed by atoms with Crippen LogP contribution in [0.3, 0.4) is 0 Å². The summed E-state index contributed by atoms with van der Waals surface area (Å²) in [6.07, 6.45) is 1.83. The third-order valence-electron chi connectivity index (χ3n) is 4.58. The Bertz CT molecular complexity index is 927. The van der Waals surface area contributed by atoms with Crippen molar-refractivity contribution in [3.05, 3.63) is 61.5 Å². The van der Waals surface area contributed by atoms with Gasteiger partial charge in [0.05, 0.1) is 15.1 Å². The second-order valence-corrected chi connectivity index (χ2v) is 9.09. The highest BCUT2D eigenvalue weighted by molar-refractivity contribution is 9.10.